The lowest BCUT2D eigenvalue weighted by molar-refractivity contribution is 0.628. The highest BCUT2D eigenvalue weighted by Gasteiger charge is 2.14. The fraction of sp³-hybridized carbons (Fsp3) is 0.308. The molecule has 3 nitrogen and oxygen atoms in total. The highest BCUT2D eigenvalue weighted by atomic mass is 32.1. The number of aromatic nitrogens is 1. The fourth-order valence-corrected chi connectivity index (χ4v) is 2.83. The first-order valence-electron chi connectivity index (χ1n) is 5.73. The summed E-state index contributed by atoms with van der Waals surface area (Å²) >= 11 is 1.64. The summed E-state index contributed by atoms with van der Waals surface area (Å²) < 4.78 is 13.2. The van der Waals surface area contributed by atoms with Gasteiger partial charge < -0.3 is 11.1 Å². The quantitative estimate of drug-likeness (QED) is 0.833. The van der Waals surface area contributed by atoms with E-state index in [1.54, 1.807) is 17.4 Å². The van der Waals surface area contributed by atoms with Crippen LogP contribution < -0.4 is 11.1 Å². The molecule has 0 aliphatic rings. The molecule has 0 amide bonds. The summed E-state index contributed by atoms with van der Waals surface area (Å²) in [5, 5.41) is 4.26. The Morgan fingerprint density at radius 1 is 1.39 bits per heavy atom. The zero-order chi connectivity index (χ0) is 13.3. The summed E-state index contributed by atoms with van der Waals surface area (Å²) in [7, 11) is 0. The van der Waals surface area contributed by atoms with Crippen molar-refractivity contribution in [2.75, 3.05) is 11.1 Å². The van der Waals surface area contributed by atoms with Crippen molar-refractivity contribution in [2.45, 2.75) is 26.8 Å². The molecule has 0 bridgehead atoms. The molecule has 0 saturated carbocycles. The predicted molar refractivity (Wildman–Crippen MR) is 74.4 cm³/mol. The van der Waals surface area contributed by atoms with Crippen molar-refractivity contribution in [3.8, 4) is 0 Å². The largest absolute Gasteiger partial charge is 0.397 e. The molecule has 0 saturated heterocycles. The van der Waals surface area contributed by atoms with Crippen LogP contribution in [0.2, 0.25) is 0 Å². The zero-order valence-electron chi connectivity index (χ0n) is 10.6. The molecule has 1 aromatic carbocycles. The van der Waals surface area contributed by atoms with E-state index >= 15 is 0 Å². The van der Waals surface area contributed by atoms with Gasteiger partial charge in [-0.3, -0.25) is 0 Å². The second-order valence-corrected chi connectivity index (χ2v) is 5.51. The molecule has 2 rings (SSSR count). The average molecular weight is 265 g/mol. The molecular weight excluding hydrogens is 249 g/mol. The van der Waals surface area contributed by atoms with Crippen LogP contribution in [0.4, 0.5) is 15.8 Å². The van der Waals surface area contributed by atoms with Crippen molar-refractivity contribution in [1.82, 2.24) is 4.98 Å². The molecule has 5 heteroatoms. The van der Waals surface area contributed by atoms with Gasteiger partial charge in [0, 0.05) is 4.88 Å². The monoisotopic (exact) mass is 265 g/mol. The lowest BCUT2D eigenvalue weighted by Gasteiger charge is -2.16. The van der Waals surface area contributed by atoms with Gasteiger partial charge in [0.25, 0.3) is 0 Å². The number of nitrogen functional groups attached to an aromatic ring is 1. The van der Waals surface area contributed by atoms with Crippen molar-refractivity contribution in [1.29, 1.82) is 0 Å². The maximum Gasteiger partial charge on any atom is 0.125 e. The Morgan fingerprint density at radius 3 is 2.72 bits per heavy atom. The minimum absolute atomic E-state index is 0.0558. The van der Waals surface area contributed by atoms with E-state index in [1.807, 2.05) is 20.8 Å². The normalized spacial score (nSPS) is 12.4. The van der Waals surface area contributed by atoms with E-state index in [0.717, 1.165) is 15.6 Å². The molecule has 0 aliphatic heterocycles. The topological polar surface area (TPSA) is 50.9 Å². The van der Waals surface area contributed by atoms with Crippen LogP contribution in [0.1, 0.15) is 28.5 Å². The van der Waals surface area contributed by atoms with Crippen LogP contribution in [0.15, 0.2) is 18.2 Å². The summed E-state index contributed by atoms with van der Waals surface area (Å²) in [6.45, 7) is 5.97. The summed E-state index contributed by atoms with van der Waals surface area (Å²) in [6, 6.07) is 4.39. The smallest absolute Gasteiger partial charge is 0.125 e. The first-order valence-corrected chi connectivity index (χ1v) is 6.54. The molecule has 1 heterocycles. The second kappa shape index (κ2) is 4.94. The van der Waals surface area contributed by atoms with E-state index in [-0.39, 0.29) is 11.9 Å². The van der Waals surface area contributed by atoms with Crippen LogP contribution in [0.25, 0.3) is 0 Å². The summed E-state index contributed by atoms with van der Waals surface area (Å²) in [6.07, 6.45) is 0. The summed E-state index contributed by atoms with van der Waals surface area (Å²) in [5.41, 5.74) is 7.99. The van der Waals surface area contributed by atoms with Crippen molar-refractivity contribution in [2.24, 2.45) is 0 Å². The number of nitrogens with zero attached hydrogens (tertiary/aromatic N) is 1. The SMILES string of the molecule is Cc1nc(C)c(C(C)Nc2cc(F)ccc2N)s1. The zero-order valence-corrected chi connectivity index (χ0v) is 11.4. The Morgan fingerprint density at radius 2 is 2.11 bits per heavy atom. The number of aryl methyl sites for hydroxylation is 2. The molecule has 2 aromatic rings. The third kappa shape index (κ3) is 2.61. The second-order valence-electron chi connectivity index (χ2n) is 4.28. The Bertz CT molecular complexity index is 565. The van der Waals surface area contributed by atoms with Crippen LogP contribution in [-0.2, 0) is 0 Å². The van der Waals surface area contributed by atoms with E-state index in [9.17, 15) is 4.39 Å². The van der Waals surface area contributed by atoms with E-state index in [4.69, 9.17) is 5.73 Å². The van der Waals surface area contributed by atoms with Crippen LogP contribution >= 0.6 is 11.3 Å². The van der Waals surface area contributed by atoms with E-state index in [0.29, 0.717) is 11.4 Å². The standard InChI is InChI=1S/C13H16FN3S/c1-7-13(18-9(3)16-7)8(2)17-12-6-10(14)4-5-11(12)15/h4-6,8,17H,15H2,1-3H3. The Kier molecular flexibility index (Phi) is 3.52. The van der Waals surface area contributed by atoms with Crippen LogP contribution in [0.3, 0.4) is 0 Å². The van der Waals surface area contributed by atoms with Gasteiger partial charge in [-0.1, -0.05) is 0 Å². The van der Waals surface area contributed by atoms with Crippen molar-refractivity contribution in [3.63, 3.8) is 0 Å². The lowest BCUT2D eigenvalue weighted by atomic mass is 10.2. The number of hydrogen-bond donors (Lipinski definition) is 2. The minimum Gasteiger partial charge on any atom is -0.397 e. The molecule has 18 heavy (non-hydrogen) atoms. The third-order valence-electron chi connectivity index (χ3n) is 2.72. The Hall–Kier alpha value is -1.62. The first kappa shape index (κ1) is 12.8. The summed E-state index contributed by atoms with van der Waals surface area (Å²) in [4.78, 5) is 5.54. The number of halogens is 1. The highest BCUT2D eigenvalue weighted by Crippen LogP contribution is 2.29. The fourth-order valence-electron chi connectivity index (χ4n) is 1.90. The van der Waals surface area contributed by atoms with Gasteiger partial charge in [0.1, 0.15) is 5.82 Å². The van der Waals surface area contributed by atoms with E-state index < -0.39 is 0 Å². The molecular formula is C13H16FN3S. The number of benzene rings is 1. The maximum atomic E-state index is 13.2. The molecule has 0 fully saturated rings. The van der Waals surface area contributed by atoms with Crippen LogP contribution in [0.5, 0.6) is 0 Å². The minimum atomic E-state index is -0.295. The van der Waals surface area contributed by atoms with Crippen LogP contribution in [0, 0.1) is 19.7 Å². The highest BCUT2D eigenvalue weighted by molar-refractivity contribution is 7.11. The average Bonchev–Trinajstić information content (AvgIpc) is 2.63. The molecule has 1 aromatic heterocycles. The van der Waals surface area contributed by atoms with Crippen molar-refractivity contribution in [3.05, 3.63) is 39.6 Å². The molecule has 0 spiro atoms. The van der Waals surface area contributed by atoms with Gasteiger partial charge in [0.2, 0.25) is 0 Å². The van der Waals surface area contributed by atoms with Gasteiger partial charge in [-0.25, -0.2) is 9.37 Å². The third-order valence-corrected chi connectivity index (χ3v) is 3.98. The van der Waals surface area contributed by atoms with Gasteiger partial charge in [-0.15, -0.1) is 11.3 Å². The maximum absolute atomic E-state index is 13.2. The number of nitrogens with two attached hydrogens (primary N) is 1. The first-order chi connectivity index (χ1) is 8.47. The Labute approximate surface area is 110 Å². The number of hydrogen-bond acceptors (Lipinski definition) is 4. The number of anilines is 2. The lowest BCUT2D eigenvalue weighted by Crippen LogP contribution is -2.08. The molecule has 3 N–H and O–H groups in total. The summed E-state index contributed by atoms with van der Waals surface area (Å²) in [5.74, 6) is -0.295. The van der Waals surface area contributed by atoms with E-state index in [2.05, 4.69) is 10.3 Å². The molecule has 0 aliphatic carbocycles. The van der Waals surface area contributed by atoms with Crippen molar-refractivity contribution < 1.29 is 4.39 Å². The molecule has 96 valence electrons. The van der Waals surface area contributed by atoms with Gasteiger partial charge >= 0.3 is 0 Å². The molecule has 1 unspecified atom stereocenters. The van der Waals surface area contributed by atoms with Gasteiger partial charge in [-0.2, -0.15) is 0 Å². The van der Waals surface area contributed by atoms with E-state index in [1.165, 1.54) is 12.1 Å². The van der Waals surface area contributed by atoms with Gasteiger partial charge in [0.05, 0.1) is 28.1 Å². The van der Waals surface area contributed by atoms with Gasteiger partial charge in [0.15, 0.2) is 0 Å². The van der Waals surface area contributed by atoms with Crippen LogP contribution in [-0.4, -0.2) is 4.98 Å². The van der Waals surface area contributed by atoms with Crippen molar-refractivity contribution >= 4 is 22.7 Å². The number of thiazole rings is 1. The predicted octanol–water partition coefficient (Wildman–Crippen LogP) is 3.65. The number of nitrogens with one attached hydrogen (secondary N) is 1. The van der Waals surface area contributed by atoms with Gasteiger partial charge in [-0.05, 0) is 39.0 Å². The molecule has 0 radical (unpaired) electrons. The molecule has 1 atom stereocenters. The Balaban J connectivity index is 2.23. The number of rotatable bonds is 3.